The number of amides is 1. The Morgan fingerprint density at radius 1 is 1.12 bits per heavy atom. The summed E-state index contributed by atoms with van der Waals surface area (Å²) in [5.41, 5.74) is 4.54. The van der Waals surface area contributed by atoms with Crippen molar-refractivity contribution in [3.05, 3.63) is 76.2 Å². The predicted octanol–water partition coefficient (Wildman–Crippen LogP) is 3.94. The zero-order valence-corrected chi connectivity index (χ0v) is 13.8. The van der Waals surface area contributed by atoms with Crippen LogP contribution in [0.2, 0.25) is 0 Å². The molecule has 1 heterocycles. The van der Waals surface area contributed by atoms with Crippen LogP contribution in [0.1, 0.15) is 28.7 Å². The number of aliphatic imine (C=N–C) groups is 1. The smallest absolute Gasteiger partial charge is 0.275 e. The molecule has 0 atom stereocenters. The van der Waals surface area contributed by atoms with E-state index in [1.807, 2.05) is 44.2 Å². The number of nitrogens with one attached hydrogen (secondary N) is 1. The van der Waals surface area contributed by atoms with Gasteiger partial charge in [-0.2, -0.15) is 0 Å². The molecule has 1 amide bonds. The molecule has 0 radical (unpaired) electrons. The minimum atomic E-state index is -0.250. The summed E-state index contributed by atoms with van der Waals surface area (Å²) in [7, 11) is 0. The topological polar surface area (TPSA) is 41.5 Å². The van der Waals surface area contributed by atoms with Gasteiger partial charge >= 0.3 is 0 Å². The molecular formula is C20H19FN2O. The molecule has 4 heteroatoms. The Bertz CT molecular complexity index is 852. The normalized spacial score (nSPS) is 15.5. The number of hydrogen-bond acceptors (Lipinski definition) is 2. The number of benzene rings is 2. The molecule has 0 fully saturated rings. The van der Waals surface area contributed by atoms with Crippen LogP contribution in [-0.4, -0.2) is 11.7 Å². The van der Waals surface area contributed by atoms with E-state index in [1.165, 1.54) is 12.1 Å². The predicted molar refractivity (Wildman–Crippen MR) is 94.2 cm³/mol. The minimum absolute atomic E-state index is 0.190. The van der Waals surface area contributed by atoms with Crippen molar-refractivity contribution in [1.82, 2.24) is 5.32 Å². The summed E-state index contributed by atoms with van der Waals surface area (Å²) in [6, 6.07) is 12.6. The van der Waals surface area contributed by atoms with Crippen LogP contribution < -0.4 is 5.32 Å². The average Bonchev–Trinajstić information content (AvgIpc) is 2.89. The number of hydrogen-bond donors (Lipinski definition) is 1. The van der Waals surface area contributed by atoms with Crippen molar-refractivity contribution in [2.75, 3.05) is 0 Å². The van der Waals surface area contributed by atoms with Gasteiger partial charge in [0.25, 0.3) is 5.91 Å². The molecule has 24 heavy (non-hydrogen) atoms. The van der Waals surface area contributed by atoms with Crippen LogP contribution in [0.4, 0.5) is 4.39 Å². The molecule has 0 bridgehead atoms. The highest BCUT2D eigenvalue weighted by molar-refractivity contribution is 6.14. The highest BCUT2D eigenvalue weighted by Gasteiger charge is 2.19. The quantitative estimate of drug-likeness (QED) is 0.851. The standard InChI is InChI=1S/C20H19FN2O/c1-13-6-7-14(2)16(10-13)12-18-20(24)23-19(22-18)9-8-15-4-3-5-17(21)11-15/h3-7,10-12H,8-9H2,1-2H3,(H,22,23,24)/b18-12+. The summed E-state index contributed by atoms with van der Waals surface area (Å²) in [6.45, 7) is 4.02. The maximum absolute atomic E-state index is 13.2. The fourth-order valence-corrected chi connectivity index (χ4v) is 2.65. The van der Waals surface area contributed by atoms with Gasteiger partial charge in [-0.05, 0) is 55.2 Å². The lowest BCUT2D eigenvalue weighted by Gasteiger charge is -2.02. The average molecular weight is 322 g/mol. The van der Waals surface area contributed by atoms with E-state index >= 15 is 0 Å². The fourth-order valence-electron chi connectivity index (χ4n) is 2.65. The molecule has 0 saturated carbocycles. The molecule has 0 aliphatic carbocycles. The SMILES string of the molecule is Cc1ccc(C)c(/C=C2/N=C(CCc3cccc(F)c3)NC2=O)c1. The molecule has 1 aliphatic rings. The highest BCUT2D eigenvalue weighted by Crippen LogP contribution is 2.18. The number of carbonyl (C=O) groups is 1. The third kappa shape index (κ3) is 3.77. The van der Waals surface area contributed by atoms with Gasteiger partial charge in [-0.25, -0.2) is 9.38 Å². The lowest BCUT2D eigenvalue weighted by Crippen LogP contribution is -2.24. The van der Waals surface area contributed by atoms with Crippen molar-refractivity contribution in [2.45, 2.75) is 26.7 Å². The van der Waals surface area contributed by atoms with E-state index in [0.717, 1.165) is 22.3 Å². The van der Waals surface area contributed by atoms with Gasteiger partial charge in [-0.3, -0.25) is 4.79 Å². The summed E-state index contributed by atoms with van der Waals surface area (Å²) >= 11 is 0. The van der Waals surface area contributed by atoms with E-state index in [4.69, 9.17) is 0 Å². The molecule has 2 aromatic rings. The number of halogens is 1. The number of rotatable bonds is 4. The third-order valence-corrected chi connectivity index (χ3v) is 4.01. The van der Waals surface area contributed by atoms with Gasteiger partial charge < -0.3 is 5.32 Å². The van der Waals surface area contributed by atoms with Gasteiger partial charge in [0.2, 0.25) is 0 Å². The first-order valence-corrected chi connectivity index (χ1v) is 7.93. The van der Waals surface area contributed by atoms with E-state index in [2.05, 4.69) is 10.3 Å². The monoisotopic (exact) mass is 322 g/mol. The molecule has 3 rings (SSSR count). The van der Waals surface area contributed by atoms with Crippen LogP contribution in [0.3, 0.4) is 0 Å². The Kier molecular flexibility index (Phi) is 4.56. The van der Waals surface area contributed by atoms with Gasteiger partial charge in [0.1, 0.15) is 17.3 Å². The van der Waals surface area contributed by atoms with Gasteiger partial charge in [0.15, 0.2) is 0 Å². The Hall–Kier alpha value is -2.75. The van der Waals surface area contributed by atoms with Crippen molar-refractivity contribution >= 4 is 17.8 Å². The Morgan fingerprint density at radius 2 is 1.96 bits per heavy atom. The highest BCUT2D eigenvalue weighted by atomic mass is 19.1. The van der Waals surface area contributed by atoms with Crippen LogP contribution in [0.25, 0.3) is 6.08 Å². The summed E-state index contributed by atoms with van der Waals surface area (Å²) in [6.07, 6.45) is 3.01. The maximum atomic E-state index is 13.2. The van der Waals surface area contributed by atoms with Crippen LogP contribution in [-0.2, 0) is 11.2 Å². The zero-order valence-electron chi connectivity index (χ0n) is 13.8. The molecule has 3 nitrogen and oxygen atoms in total. The maximum Gasteiger partial charge on any atom is 0.275 e. The summed E-state index contributed by atoms with van der Waals surface area (Å²) in [5, 5.41) is 2.79. The molecule has 0 saturated heterocycles. The molecule has 0 aromatic heterocycles. The van der Waals surface area contributed by atoms with Crippen molar-refractivity contribution in [3.63, 3.8) is 0 Å². The first-order valence-electron chi connectivity index (χ1n) is 7.93. The summed E-state index contributed by atoms with van der Waals surface area (Å²) < 4.78 is 13.2. The van der Waals surface area contributed by atoms with E-state index in [9.17, 15) is 9.18 Å². The number of aryl methyl sites for hydroxylation is 3. The van der Waals surface area contributed by atoms with Gasteiger partial charge in [-0.15, -0.1) is 0 Å². The second kappa shape index (κ2) is 6.79. The number of amidine groups is 1. The molecule has 122 valence electrons. The molecule has 1 aliphatic heterocycles. The van der Waals surface area contributed by atoms with Crippen molar-refractivity contribution in [3.8, 4) is 0 Å². The van der Waals surface area contributed by atoms with Gasteiger partial charge in [0.05, 0.1) is 0 Å². The van der Waals surface area contributed by atoms with E-state index < -0.39 is 0 Å². The summed E-state index contributed by atoms with van der Waals surface area (Å²) in [4.78, 5) is 16.5. The van der Waals surface area contributed by atoms with E-state index in [0.29, 0.717) is 24.4 Å². The van der Waals surface area contributed by atoms with E-state index in [-0.39, 0.29) is 11.7 Å². The van der Waals surface area contributed by atoms with Gasteiger partial charge in [0, 0.05) is 6.42 Å². The molecule has 0 unspecified atom stereocenters. The second-order valence-corrected chi connectivity index (χ2v) is 6.03. The molecule has 0 spiro atoms. The second-order valence-electron chi connectivity index (χ2n) is 6.03. The lowest BCUT2D eigenvalue weighted by atomic mass is 10.0. The Morgan fingerprint density at radius 3 is 2.75 bits per heavy atom. The molecule has 2 aromatic carbocycles. The minimum Gasteiger partial charge on any atom is -0.309 e. The zero-order chi connectivity index (χ0) is 17.1. The van der Waals surface area contributed by atoms with Crippen molar-refractivity contribution in [1.29, 1.82) is 0 Å². The Labute approximate surface area is 140 Å². The largest absolute Gasteiger partial charge is 0.309 e. The fraction of sp³-hybridized carbons (Fsp3) is 0.200. The van der Waals surface area contributed by atoms with Crippen LogP contribution in [0, 0.1) is 19.7 Å². The van der Waals surface area contributed by atoms with Gasteiger partial charge in [-0.1, -0.05) is 35.9 Å². The number of carbonyl (C=O) groups excluding carboxylic acids is 1. The third-order valence-electron chi connectivity index (χ3n) is 4.01. The van der Waals surface area contributed by atoms with E-state index in [1.54, 1.807) is 6.07 Å². The van der Waals surface area contributed by atoms with Crippen molar-refractivity contribution in [2.24, 2.45) is 4.99 Å². The van der Waals surface area contributed by atoms with Crippen LogP contribution >= 0.6 is 0 Å². The molecular weight excluding hydrogens is 303 g/mol. The van der Waals surface area contributed by atoms with Crippen LogP contribution in [0.15, 0.2) is 53.2 Å². The molecule has 1 N–H and O–H groups in total. The first-order chi connectivity index (χ1) is 11.5. The summed E-state index contributed by atoms with van der Waals surface area (Å²) in [5.74, 6) is 0.186. The lowest BCUT2D eigenvalue weighted by molar-refractivity contribution is -0.115. The Balaban J connectivity index is 1.75. The first kappa shape index (κ1) is 16.1. The number of nitrogens with zero attached hydrogens (tertiary/aromatic N) is 1. The van der Waals surface area contributed by atoms with Crippen molar-refractivity contribution < 1.29 is 9.18 Å². The van der Waals surface area contributed by atoms with Crippen LogP contribution in [0.5, 0.6) is 0 Å².